The van der Waals surface area contributed by atoms with Crippen molar-refractivity contribution < 1.29 is 4.79 Å². The first kappa shape index (κ1) is 15.8. The predicted octanol–water partition coefficient (Wildman–Crippen LogP) is 1.61. The quantitative estimate of drug-likeness (QED) is 0.777. The average Bonchev–Trinajstić information content (AvgIpc) is 2.93. The van der Waals surface area contributed by atoms with E-state index in [0.717, 1.165) is 32.5 Å². The Hall–Kier alpha value is -0.610. The number of rotatable bonds is 6. The second-order valence-electron chi connectivity index (χ2n) is 6.76. The van der Waals surface area contributed by atoms with Gasteiger partial charge in [-0.1, -0.05) is 13.8 Å². The van der Waals surface area contributed by atoms with Crippen LogP contribution in [0.25, 0.3) is 0 Å². The first-order chi connectivity index (χ1) is 9.66. The maximum absolute atomic E-state index is 12.1. The summed E-state index contributed by atoms with van der Waals surface area (Å²) in [5.74, 6) is 1.44. The van der Waals surface area contributed by atoms with E-state index in [1.165, 1.54) is 25.9 Å². The Labute approximate surface area is 123 Å². The van der Waals surface area contributed by atoms with Crippen molar-refractivity contribution >= 4 is 5.91 Å². The van der Waals surface area contributed by atoms with Gasteiger partial charge in [-0.2, -0.15) is 0 Å². The third-order valence-electron chi connectivity index (χ3n) is 4.82. The van der Waals surface area contributed by atoms with Gasteiger partial charge in [-0.15, -0.1) is 0 Å². The fraction of sp³-hybridized carbons (Fsp3) is 0.938. The molecule has 2 N–H and O–H groups in total. The van der Waals surface area contributed by atoms with Gasteiger partial charge in [-0.25, -0.2) is 0 Å². The van der Waals surface area contributed by atoms with Crippen LogP contribution in [0.1, 0.15) is 46.0 Å². The van der Waals surface area contributed by atoms with E-state index in [1.807, 2.05) is 0 Å². The number of piperidine rings is 1. The average molecular weight is 281 g/mol. The van der Waals surface area contributed by atoms with Gasteiger partial charge in [-0.3, -0.25) is 9.69 Å². The van der Waals surface area contributed by atoms with Crippen molar-refractivity contribution in [2.45, 2.75) is 52.0 Å². The molecule has 0 aromatic rings. The summed E-state index contributed by atoms with van der Waals surface area (Å²) in [6.45, 7) is 9.89. The van der Waals surface area contributed by atoms with Crippen LogP contribution >= 0.6 is 0 Å². The van der Waals surface area contributed by atoms with Crippen molar-refractivity contribution in [2.75, 3.05) is 32.7 Å². The third kappa shape index (κ3) is 4.74. The van der Waals surface area contributed by atoms with Gasteiger partial charge in [0.15, 0.2) is 0 Å². The summed E-state index contributed by atoms with van der Waals surface area (Å²) in [4.78, 5) is 14.7. The van der Waals surface area contributed by atoms with Crippen LogP contribution in [-0.4, -0.2) is 49.6 Å². The van der Waals surface area contributed by atoms with E-state index in [9.17, 15) is 4.79 Å². The molecule has 20 heavy (non-hydrogen) atoms. The minimum absolute atomic E-state index is 0.252. The van der Waals surface area contributed by atoms with E-state index in [-0.39, 0.29) is 5.91 Å². The molecule has 0 aromatic carbocycles. The number of hydrogen-bond donors (Lipinski definition) is 2. The second kappa shape index (κ2) is 7.99. The van der Waals surface area contributed by atoms with Gasteiger partial charge in [0.05, 0.1) is 0 Å². The Bertz CT molecular complexity index is 294. The fourth-order valence-electron chi connectivity index (χ4n) is 3.50. The molecule has 1 unspecified atom stereocenters. The van der Waals surface area contributed by atoms with Crippen molar-refractivity contribution in [3.63, 3.8) is 0 Å². The highest BCUT2D eigenvalue weighted by molar-refractivity contribution is 5.76. The molecule has 0 aromatic heterocycles. The van der Waals surface area contributed by atoms with E-state index in [0.29, 0.717) is 24.3 Å². The second-order valence-corrected chi connectivity index (χ2v) is 6.76. The van der Waals surface area contributed by atoms with Crippen molar-refractivity contribution in [3.05, 3.63) is 0 Å². The molecule has 4 heteroatoms. The molecule has 1 amide bonds. The normalized spacial score (nSPS) is 23.1. The van der Waals surface area contributed by atoms with Crippen molar-refractivity contribution in [2.24, 2.45) is 11.8 Å². The largest absolute Gasteiger partial charge is 0.355 e. The molecule has 2 fully saturated rings. The van der Waals surface area contributed by atoms with Crippen LogP contribution in [0.15, 0.2) is 0 Å². The highest BCUT2D eigenvalue weighted by Gasteiger charge is 2.25. The molecule has 4 nitrogen and oxygen atoms in total. The van der Waals surface area contributed by atoms with E-state index < -0.39 is 0 Å². The zero-order chi connectivity index (χ0) is 14.4. The summed E-state index contributed by atoms with van der Waals surface area (Å²) in [5, 5.41) is 6.54. The van der Waals surface area contributed by atoms with Crippen LogP contribution in [0.5, 0.6) is 0 Å². The molecule has 2 saturated heterocycles. The number of amides is 1. The van der Waals surface area contributed by atoms with Crippen LogP contribution in [-0.2, 0) is 4.79 Å². The van der Waals surface area contributed by atoms with Gasteiger partial charge >= 0.3 is 0 Å². The fourth-order valence-corrected chi connectivity index (χ4v) is 3.50. The summed E-state index contributed by atoms with van der Waals surface area (Å²) in [7, 11) is 0. The molecule has 2 rings (SSSR count). The number of carbonyl (C=O) groups excluding carboxylic acids is 1. The Kier molecular flexibility index (Phi) is 6.30. The number of hydrogen-bond acceptors (Lipinski definition) is 3. The predicted molar refractivity (Wildman–Crippen MR) is 82.7 cm³/mol. The van der Waals surface area contributed by atoms with Crippen LogP contribution in [0.4, 0.5) is 0 Å². The monoisotopic (exact) mass is 281 g/mol. The minimum Gasteiger partial charge on any atom is -0.355 e. The Morgan fingerprint density at radius 1 is 1.25 bits per heavy atom. The first-order valence-corrected chi connectivity index (χ1v) is 8.38. The van der Waals surface area contributed by atoms with E-state index in [4.69, 9.17) is 0 Å². The smallest absolute Gasteiger partial charge is 0.220 e. The van der Waals surface area contributed by atoms with E-state index >= 15 is 0 Å². The number of nitrogens with one attached hydrogen (secondary N) is 2. The van der Waals surface area contributed by atoms with E-state index in [2.05, 4.69) is 29.4 Å². The maximum atomic E-state index is 12.1. The molecule has 0 radical (unpaired) electrons. The van der Waals surface area contributed by atoms with Crippen molar-refractivity contribution in [1.29, 1.82) is 0 Å². The lowest BCUT2D eigenvalue weighted by Gasteiger charge is -2.31. The van der Waals surface area contributed by atoms with Crippen LogP contribution in [0, 0.1) is 11.8 Å². The van der Waals surface area contributed by atoms with E-state index in [1.54, 1.807) is 0 Å². The Morgan fingerprint density at radius 3 is 2.50 bits per heavy atom. The lowest BCUT2D eigenvalue weighted by atomic mass is 9.94. The van der Waals surface area contributed by atoms with Gasteiger partial charge in [0.2, 0.25) is 5.91 Å². The molecule has 0 bridgehead atoms. The van der Waals surface area contributed by atoms with Crippen LogP contribution in [0.3, 0.4) is 0 Å². The summed E-state index contributed by atoms with van der Waals surface area (Å²) in [5.41, 5.74) is 0. The molecule has 0 aliphatic carbocycles. The summed E-state index contributed by atoms with van der Waals surface area (Å²) in [6, 6.07) is 0.509. The zero-order valence-corrected chi connectivity index (χ0v) is 13.2. The number of nitrogens with zero attached hydrogens (tertiary/aromatic N) is 1. The van der Waals surface area contributed by atoms with Gasteiger partial charge in [0.1, 0.15) is 0 Å². The van der Waals surface area contributed by atoms with Crippen molar-refractivity contribution in [3.8, 4) is 0 Å². The molecule has 0 saturated carbocycles. The topological polar surface area (TPSA) is 44.4 Å². The maximum Gasteiger partial charge on any atom is 0.220 e. The van der Waals surface area contributed by atoms with Crippen molar-refractivity contribution in [1.82, 2.24) is 15.5 Å². The SMILES string of the molecule is CC(C)C(CNC(=O)CC1CCNCC1)N1CCCC1. The minimum atomic E-state index is 0.252. The molecule has 116 valence electrons. The third-order valence-corrected chi connectivity index (χ3v) is 4.82. The lowest BCUT2D eigenvalue weighted by molar-refractivity contribution is -0.122. The number of likely N-dealkylation sites (tertiary alicyclic amines) is 1. The molecule has 2 aliphatic heterocycles. The Balaban J connectivity index is 1.72. The van der Waals surface area contributed by atoms with Gasteiger partial charge in [-0.05, 0) is 63.7 Å². The summed E-state index contributed by atoms with van der Waals surface area (Å²) >= 11 is 0. The highest BCUT2D eigenvalue weighted by atomic mass is 16.1. The molecular weight excluding hydrogens is 250 g/mol. The number of carbonyl (C=O) groups is 1. The standard InChI is InChI=1S/C16H31N3O/c1-13(2)15(19-9-3-4-10-19)12-18-16(20)11-14-5-7-17-8-6-14/h13-15,17H,3-12H2,1-2H3,(H,18,20). The molecule has 0 spiro atoms. The summed E-state index contributed by atoms with van der Waals surface area (Å²) < 4.78 is 0. The first-order valence-electron chi connectivity index (χ1n) is 8.38. The molecule has 1 atom stereocenters. The Morgan fingerprint density at radius 2 is 1.90 bits per heavy atom. The van der Waals surface area contributed by atoms with Crippen LogP contribution in [0.2, 0.25) is 0 Å². The zero-order valence-electron chi connectivity index (χ0n) is 13.2. The van der Waals surface area contributed by atoms with Crippen LogP contribution < -0.4 is 10.6 Å². The molecular formula is C16H31N3O. The summed E-state index contributed by atoms with van der Waals surface area (Å²) in [6.07, 6.45) is 5.63. The highest BCUT2D eigenvalue weighted by Crippen LogP contribution is 2.18. The van der Waals surface area contributed by atoms with Gasteiger partial charge in [0.25, 0.3) is 0 Å². The van der Waals surface area contributed by atoms with Gasteiger partial charge < -0.3 is 10.6 Å². The molecule has 2 heterocycles. The lowest BCUT2D eigenvalue weighted by Crippen LogP contribution is -2.46. The molecule has 2 aliphatic rings. The van der Waals surface area contributed by atoms with Gasteiger partial charge in [0, 0.05) is 19.0 Å².